The Labute approximate surface area is 171 Å². The molecule has 30 heavy (non-hydrogen) atoms. The van der Waals surface area contributed by atoms with Gasteiger partial charge < -0.3 is 19.5 Å². The molecule has 2 aromatic rings. The van der Waals surface area contributed by atoms with Gasteiger partial charge >= 0.3 is 23.9 Å². The molecule has 0 saturated carbocycles. The number of rotatable bonds is 7. The molecule has 0 aliphatic rings. The molecule has 0 unspecified atom stereocenters. The lowest BCUT2D eigenvalue weighted by molar-refractivity contribution is -0.258. The summed E-state index contributed by atoms with van der Waals surface area (Å²) in [5, 5.41) is 3.78. The van der Waals surface area contributed by atoms with Crippen molar-refractivity contribution < 1.29 is 37.0 Å². The molecule has 0 aliphatic carbocycles. The SMILES string of the molecule is CCc1ccc(O[C@](NC(=O)Nc2ccc(OC)cc2)(C(=O)OC)C(F)(F)F)cc1. The van der Waals surface area contributed by atoms with Crippen molar-refractivity contribution in [3.63, 3.8) is 0 Å². The molecule has 0 fully saturated rings. The highest BCUT2D eigenvalue weighted by molar-refractivity contribution is 5.94. The molecule has 2 rings (SSSR count). The molecule has 0 radical (unpaired) electrons. The smallest absolute Gasteiger partial charge is 0.460 e. The number of anilines is 1. The largest absolute Gasteiger partial charge is 0.497 e. The molecule has 1 atom stereocenters. The van der Waals surface area contributed by atoms with E-state index in [2.05, 4.69) is 10.1 Å². The molecule has 0 spiro atoms. The van der Waals surface area contributed by atoms with E-state index in [1.165, 1.54) is 43.5 Å². The van der Waals surface area contributed by atoms with Crippen molar-refractivity contribution in [3.8, 4) is 11.5 Å². The van der Waals surface area contributed by atoms with Gasteiger partial charge in [0.2, 0.25) is 0 Å². The van der Waals surface area contributed by atoms with Crippen LogP contribution in [-0.4, -0.2) is 38.1 Å². The Morgan fingerprint density at radius 2 is 1.50 bits per heavy atom. The van der Waals surface area contributed by atoms with Gasteiger partial charge in [0.05, 0.1) is 14.2 Å². The number of carbonyl (C=O) groups is 2. The van der Waals surface area contributed by atoms with Crippen LogP contribution in [0.25, 0.3) is 0 Å². The fraction of sp³-hybridized carbons (Fsp3) is 0.300. The maximum atomic E-state index is 14.0. The summed E-state index contributed by atoms with van der Waals surface area (Å²) in [7, 11) is 2.20. The summed E-state index contributed by atoms with van der Waals surface area (Å²) in [6.07, 6.45) is -4.68. The Bertz CT molecular complexity index is 870. The second-order valence-electron chi connectivity index (χ2n) is 6.08. The second-order valence-corrected chi connectivity index (χ2v) is 6.08. The lowest BCUT2D eigenvalue weighted by Crippen LogP contribution is -2.68. The fourth-order valence-corrected chi connectivity index (χ4v) is 2.47. The van der Waals surface area contributed by atoms with Crippen LogP contribution in [0.15, 0.2) is 48.5 Å². The number of carbonyl (C=O) groups excluding carboxylic acids is 2. The zero-order chi connectivity index (χ0) is 22.4. The van der Waals surface area contributed by atoms with Crippen LogP contribution in [0.4, 0.5) is 23.7 Å². The van der Waals surface area contributed by atoms with Gasteiger partial charge in [0, 0.05) is 5.69 Å². The average molecular weight is 426 g/mol. The van der Waals surface area contributed by atoms with Crippen LogP contribution < -0.4 is 20.1 Å². The summed E-state index contributed by atoms with van der Waals surface area (Å²) in [6.45, 7) is 1.87. The Hall–Kier alpha value is -3.43. The minimum absolute atomic E-state index is 0.168. The van der Waals surface area contributed by atoms with Crippen molar-refractivity contribution in [1.29, 1.82) is 0 Å². The van der Waals surface area contributed by atoms with Crippen molar-refractivity contribution in [2.75, 3.05) is 19.5 Å². The van der Waals surface area contributed by atoms with Gasteiger partial charge in [-0.1, -0.05) is 19.1 Å². The van der Waals surface area contributed by atoms with Gasteiger partial charge in [0.15, 0.2) is 0 Å². The molecule has 162 valence electrons. The van der Waals surface area contributed by atoms with Crippen LogP contribution in [-0.2, 0) is 16.0 Å². The van der Waals surface area contributed by atoms with E-state index in [0.29, 0.717) is 12.2 Å². The average Bonchev–Trinajstić information content (AvgIpc) is 2.72. The number of amides is 2. The first-order valence-corrected chi connectivity index (χ1v) is 8.81. The lowest BCUT2D eigenvalue weighted by atomic mass is 10.1. The number of ether oxygens (including phenoxy) is 3. The number of hydrogen-bond acceptors (Lipinski definition) is 5. The van der Waals surface area contributed by atoms with E-state index >= 15 is 0 Å². The molecule has 0 saturated heterocycles. The molecule has 0 bridgehead atoms. The van der Waals surface area contributed by atoms with Crippen LogP contribution in [0, 0.1) is 0 Å². The third-order valence-electron chi connectivity index (χ3n) is 4.11. The highest BCUT2D eigenvalue weighted by Crippen LogP contribution is 2.34. The molecule has 0 aliphatic heterocycles. The van der Waals surface area contributed by atoms with Crippen LogP contribution in [0.1, 0.15) is 12.5 Å². The lowest BCUT2D eigenvalue weighted by Gasteiger charge is -2.33. The van der Waals surface area contributed by atoms with Crippen molar-refractivity contribution in [2.24, 2.45) is 0 Å². The third kappa shape index (κ3) is 5.13. The Morgan fingerprint density at radius 1 is 0.933 bits per heavy atom. The van der Waals surface area contributed by atoms with Gasteiger partial charge in [-0.25, -0.2) is 9.59 Å². The predicted molar refractivity (Wildman–Crippen MR) is 102 cm³/mol. The highest BCUT2D eigenvalue weighted by Gasteiger charge is 2.66. The molecule has 0 aromatic heterocycles. The van der Waals surface area contributed by atoms with E-state index in [4.69, 9.17) is 9.47 Å². The standard InChI is InChI=1S/C20H21F3N2O5/c1-4-13-5-9-16(10-6-13)30-19(17(26)29-3,20(21,22)23)25-18(27)24-14-7-11-15(28-2)12-8-14/h5-12H,4H2,1-3H3,(H2,24,25,27)/t19-/m1/s1. The molecular formula is C20H21F3N2O5. The van der Waals surface area contributed by atoms with Gasteiger partial charge in [-0.2, -0.15) is 13.2 Å². The molecule has 2 amide bonds. The zero-order valence-electron chi connectivity index (χ0n) is 16.5. The summed E-state index contributed by atoms with van der Waals surface area (Å²) >= 11 is 0. The van der Waals surface area contributed by atoms with Gasteiger partial charge in [-0.15, -0.1) is 0 Å². The van der Waals surface area contributed by atoms with Crippen LogP contribution in [0.2, 0.25) is 0 Å². The maximum Gasteiger partial charge on any atom is 0.460 e. The monoisotopic (exact) mass is 426 g/mol. The highest BCUT2D eigenvalue weighted by atomic mass is 19.4. The molecule has 2 aromatic carbocycles. The first kappa shape index (κ1) is 22.9. The van der Waals surface area contributed by atoms with Crippen molar-refractivity contribution in [3.05, 3.63) is 54.1 Å². The van der Waals surface area contributed by atoms with Crippen molar-refractivity contribution >= 4 is 17.7 Å². The number of alkyl halides is 3. The second kappa shape index (κ2) is 9.38. The Balaban J connectivity index is 2.33. The summed E-state index contributed by atoms with van der Waals surface area (Å²) in [5.74, 6) is -1.63. The van der Waals surface area contributed by atoms with E-state index in [9.17, 15) is 22.8 Å². The predicted octanol–water partition coefficient (Wildman–Crippen LogP) is 3.89. The minimum Gasteiger partial charge on any atom is -0.497 e. The van der Waals surface area contributed by atoms with E-state index < -0.39 is 23.9 Å². The number of nitrogens with one attached hydrogen (secondary N) is 2. The molecule has 10 heteroatoms. The summed E-state index contributed by atoms with van der Waals surface area (Å²) in [6, 6.07) is 10.1. The topological polar surface area (TPSA) is 85.9 Å². The summed E-state index contributed by atoms with van der Waals surface area (Å²) in [5.41, 5.74) is -2.74. The van der Waals surface area contributed by atoms with E-state index in [1.54, 1.807) is 17.4 Å². The van der Waals surface area contributed by atoms with Crippen LogP contribution in [0.5, 0.6) is 11.5 Å². The number of hydrogen-bond donors (Lipinski definition) is 2. The van der Waals surface area contributed by atoms with Crippen LogP contribution in [0.3, 0.4) is 0 Å². The number of methoxy groups -OCH3 is 2. The van der Waals surface area contributed by atoms with Gasteiger partial charge in [0.1, 0.15) is 11.5 Å². The normalized spacial score (nSPS) is 13.0. The van der Waals surface area contributed by atoms with E-state index in [-0.39, 0.29) is 11.4 Å². The number of benzene rings is 2. The van der Waals surface area contributed by atoms with Crippen molar-refractivity contribution in [1.82, 2.24) is 5.32 Å². The molecule has 2 N–H and O–H groups in total. The number of aryl methyl sites for hydroxylation is 1. The number of esters is 1. The molecular weight excluding hydrogens is 405 g/mol. The van der Waals surface area contributed by atoms with E-state index in [1.807, 2.05) is 6.92 Å². The first-order chi connectivity index (χ1) is 14.1. The molecule has 0 heterocycles. The summed E-state index contributed by atoms with van der Waals surface area (Å²) < 4.78 is 56.1. The van der Waals surface area contributed by atoms with Gasteiger partial charge in [-0.3, -0.25) is 5.32 Å². The van der Waals surface area contributed by atoms with Gasteiger partial charge in [-0.05, 0) is 48.4 Å². The summed E-state index contributed by atoms with van der Waals surface area (Å²) in [4.78, 5) is 24.5. The first-order valence-electron chi connectivity index (χ1n) is 8.81. The third-order valence-corrected chi connectivity index (χ3v) is 4.11. The molecule has 7 nitrogen and oxygen atoms in total. The Kier molecular flexibility index (Phi) is 7.14. The van der Waals surface area contributed by atoms with Crippen molar-refractivity contribution in [2.45, 2.75) is 25.2 Å². The minimum atomic E-state index is -5.33. The van der Waals surface area contributed by atoms with E-state index in [0.717, 1.165) is 12.7 Å². The number of urea groups is 1. The zero-order valence-corrected chi connectivity index (χ0v) is 16.5. The van der Waals surface area contributed by atoms with Gasteiger partial charge in [0.25, 0.3) is 0 Å². The number of halogens is 3. The maximum absolute atomic E-state index is 14.0. The fourth-order valence-electron chi connectivity index (χ4n) is 2.47. The quantitative estimate of drug-likeness (QED) is 0.518. The van der Waals surface area contributed by atoms with Crippen LogP contribution >= 0.6 is 0 Å². The Morgan fingerprint density at radius 3 is 1.97 bits per heavy atom.